The Morgan fingerprint density at radius 1 is 1.30 bits per heavy atom. The highest BCUT2D eigenvalue weighted by Crippen LogP contribution is 2.26. The van der Waals surface area contributed by atoms with Crippen molar-refractivity contribution in [2.75, 3.05) is 18.1 Å². The Hall–Kier alpha value is -1.11. The quantitative estimate of drug-likeness (QED) is 0.247. The molecule has 0 aromatic heterocycles. The molecule has 0 atom stereocenters. The lowest BCUT2D eigenvalue weighted by molar-refractivity contribution is -0.145. The molecule has 0 saturated heterocycles. The van der Waals surface area contributed by atoms with Crippen molar-refractivity contribution in [1.29, 1.82) is 0 Å². The topological polar surface area (TPSA) is 47.9 Å². The van der Waals surface area contributed by atoms with Gasteiger partial charge in [-0.15, -0.1) is 0 Å². The Kier molecular flexibility index (Phi) is 6.45. The van der Waals surface area contributed by atoms with Crippen molar-refractivity contribution >= 4 is 34.3 Å². The molecule has 0 radical (unpaired) electrons. The van der Waals surface area contributed by atoms with E-state index in [4.69, 9.17) is 4.84 Å². The second-order valence-corrected chi connectivity index (χ2v) is 5.94. The van der Waals surface area contributed by atoms with Gasteiger partial charge in [0.1, 0.15) is 0 Å². The SMILES string of the molecule is COC(=O)CO/N=C(\c1ccc(C)cc1)C(C)(C)CI. The molecule has 0 heterocycles. The van der Waals surface area contributed by atoms with Crippen molar-refractivity contribution in [2.24, 2.45) is 10.6 Å². The van der Waals surface area contributed by atoms with E-state index in [0.29, 0.717) is 0 Å². The number of carbonyl (C=O) groups excluding carboxylic acids is 1. The van der Waals surface area contributed by atoms with E-state index >= 15 is 0 Å². The Morgan fingerprint density at radius 3 is 2.40 bits per heavy atom. The minimum absolute atomic E-state index is 0.147. The average Bonchev–Trinajstić information content (AvgIpc) is 2.44. The van der Waals surface area contributed by atoms with Crippen LogP contribution >= 0.6 is 22.6 Å². The molecule has 0 amide bonds. The van der Waals surface area contributed by atoms with Gasteiger partial charge in [-0.3, -0.25) is 0 Å². The second kappa shape index (κ2) is 7.61. The molecule has 0 aliphatic rings. The van der Waals surface area contributed by atoms with E-state index in [1.807, 2.05) is 31.2 Å². The lowest BCUT2D eigenvalue weighted by atomic mass is 9.85. The number of rotatable bonds is 6. The maximum absolute atomic E-state index is 11.1. The maximum atomic E-state index is 11.1. The third-order valence-electron chi connectivity index (χ3n) is 2.87. The smallest absolute Gasteiger partial charge is 0.346 e. The Labute approximate surface area is 133 Å². The van der Waals surface area contributed by atoms with Gasteiger partial charge < -0.3 is 9.57 Å². The zero-order valence-corrected chi connectivity index (χ0v) is 14.4. The molecule has 0 spiro atoms. The van der Waals surface area contributed by atoms with Gasteiger partial charge in [-0.05, 0) is 12.5 Å². The van der Waals surface area contributed by atoms with Crippen molar-refractivity contribution in [3.05, 3.63) is 35.4 Å². The van der Waals surface area contributed by atoms with Crippen LogP contribution < -0.4 is 0 Å². The number of nitrogens with zero attached hydrogens (tertiary/aromatic N) is 1. The van der Waals surface area contributed by atoms with Gasteiger partial charge in [-0.2, -0.15) is 0 Å². The van der Waals surface area contributed by atoms with E-state index in [1.54, 1.807) is 0 Å². The molecule has 0 aliphatic carbocycles. The molecular formula is C15H20INO3. The first-order valence-electron chi connectivity index (χ1n) is 6.31. The molecule has 0 saturated carbocycles. The number of alkyl halides is 1. The fraction of sp³-hybridized carbons (Fsp3) is 0.467. The molecule has 0 unspecified atom stereocenters. The number of hydrogen-bond acceptors (Lipinski definition) is 4. The summed E-state index contributed by atoms with van der Waals surface area (Å²) in [6, 6.07) is 8.11. The van der Waals surface area contributed by atoms with Crippen LogP contribution in [0.25, 0.3) is 0 Å². The number of ether oxygens (including phenoxy) is 1. The number of hydrogen-bond donors (Lipinski definition) is 0. The average molecular weight is 389 g/mol. The Balaban J connectivity index is 3.00. The van der Waals surface area contributed by atoms with Gasteiger partial charge in [0, 0.05) is 9.84 Å². The summed E-state index contributed by atoms with van der Waals surface area (Å²) in [5, 5.41) is 4.17. The molecule has 1 rings (SSSR count). The molecule has 1 aromatic carbocycles. The Morgan fingerprint density at radius 2 is 1.90 bits per heavy atom. The highest BCUT2D eigenvalue weighted by atomic mass is 127. The van der Waals surface area contributed by atoms with Gasteiger partial charge in [0.15, 0.2) is 0 Å². The zero-order chi connectivity index (χ0) is 15.2. The van der Waals surface area contributed by atoms with Gasteiger partial charge in [0.2, 0.25) is 6.61 Å². The van der Waals surface area contributed by atoms with Gasteiger partial charge in [-0.1, -0.05) is 71.4 Å². The van der Waals surface area contributed by atoms with Gasteiger partial charge >= 0.3 is 5.97 Å². The number of carbonyl (C=O) groups is 1. The predicted molar refractivity (Wildman–Crippen MR) is 88.4 cm³/mol. The van der Waals surface area contributed by atoms with E-state index in [2.05, 4.69) is 46.3 Å². The standard InChI is InChI=1S/C15H20INO3/c1-11-5-7-12(8-6-11)14(15(2,3)10-16)17-20-9-13(18)19-4/h5-8H,9-10H2,1-4H3/b17-14+. The minimum Gasteiger partial charge on any atom is -0.466 e. The van der Waals surface area contributed by atoms with E-state index in [9.17, 15) is 4.79 Å². The highest BCUT2D eigenvalue weighted by Gasteiger charge is 2.26. The van der Waals surface area contributed by atoms with Crippen LogP contribution in [0.3, 0.4) is 0 Å². The van der Waals surface area contributed by atoms with Crippen LogP contribution in [0, 0.1) is 12.3 Å². The third kappa shape index (κ3) is 4.77. The van der Waals surface area contributed by atoms with E-state index in [0.717, 1.165) is 15.7 Å². The molecule has 5 heteroatoms. The summed E-state index contributed by atoms with van der Waals surface area (Å²) in [6.45, 7) is 6.06. The highest BCUT2D eigenvalue weighted by molar-refractivity contribution is 14.1. The number of esters is 1. The summed E-state index contributed by atoms with van der Waals surface area (Å²) < 4.78 is 5.42. The van der Waals surface area contributed by atoms with Gasteiger partial charge in [0.25, 0.3) is 0 Å². The zero-order valence-electron chi connectivity index (χ0n) is 12.3. The summed E-state index contributed by atoms with van der Waals surface area (Å²) in [6.07, 6.45) is 0. The summed E-state index contributed by atoms with van der Waals surface area (Å²) in [5.74, 6) is -0.440. The van der Waals surface area contributed by atoms with Crippen molar-refractivity contribution in [2.45, 2.75) is 20.8 Å². The largest absolute Gasteiger partial charge is 0.466 e. The summed E-state index contributed by atoms with van der Waals surface area (Å²) in [4.78, 5) is 16.2. The molecule has 0 bridgehead atoms. The normalized spacial score (nSPS) is 12.2. The van der Waals surface area contributed by atoms with Crippen molar-refractivity contribution in [3.8, 4) is 0 Å². The lowest BCUT2D eigenvalue weighted by Crippen LogP contribution is -2.27. The van der Waals surface area contributed by atoms with Crippen LogP contribution in [0.4, 0.5) is 0 Å². The van der Waals surface area contributed by atoms with Crippen LogP contribution in [-0.2, 0) is 14.4 Å². The minimum atomic E-state index is -0.440. The first kappa shape index (κ1) is 16.9. The van der Waals surface area contributed by atoms with Crippen LogP contribution in [0.15, 0.2) is 29.4 Å². The molecule has 0 N–H and O–H groups in total. The molecule has 4 nitrogen and oxygen atoms in total. The van der Waals surface area contributed by atoms with E-state index in [-0.39, 0.29) is 12.0 Å². The number of methoxy groups -OCH3 is 1. The van der Waals surface area contributed by atoms with Crippen molar-refractivity contribution in [3.63, 3.8) is 0 Å². The van der Waals surface area contributed by atoms with E-state index < -0.39 is 5.97 Å². The molecule has 1 aromatic rings. The molecule has 0 fully saturated rings. The number of benzene rings is 1. The third-order valence-corrected chi connectivity index (χ3v) is 4.77. The van der Waals surface area contributed by atoms with Crippen molar-refractivity contribution < 1.29 is 14.4 Å². The van der Waals surface area contributed by atoms with Gasteiger partial charge in [0.05, 0.1) is 12.8 Å². The first-order valence-corrected chi connectivity index (χ1v) is 7.83. The number of oxime groups is 1. The predicted octanol–water partition coefficient (Wildman–Crippen LogP) is 3.35. The van der Waals surface area contributed by atoms with Crippen LogP contribution in [0.1, 0.15) is 25.0 Å². The number of halogens is 1. The molecule has 0 aliphatic heterocycles. The van der Waals surface area contributed by atoms with E-state index in [1.165, 1.54) is 12.7 Å². The number of aryl methyl sites for hydroxylation is 1. The summed E-state index contributed by atoms with van der Waals surface area (Å²) >= 11 is 2.32. The van der Waals surface area contributed by atoms with Crippen LogP contribution in [0.2, 0.25) is 0 Å². The molecule has 110 valence electrons. The maximum Gasteiger partial charge on any atom is 0.346 e. The van der Waals surface area contributed by atoms with Crippen LogP contribution in [-0.4, -0.2) is 29.8 Å². The second-order valence-electron chi connectivity index (χ2n) is 5.17. The first-order chi connectivity index (χ1) is 9.40. The Bertz CT molecular complexity index is 480. The van der Waals surface area contributed by atoms with Crippen LogP contribution in [0.5, 0.6) is 0 Å². The lowest BCUT2D eigenvalue weighted by Gasteiger charge is -2.24. The fourth-order valence-electron chi connectivity index (χ4n) is 1.55. The van der Waals surface area contributed by atoms with Gasteiger partial charge in [-0.25, -0.2) is 4.79 Å². The molecule has 20 heavy (non-hydrogen) atoms. The molecular weight excluding hydrogens is 369 g/mol. The van der Waals surface area contributed by atoms with Crippen molar-refractivity contribution in [1.82, 2.24) is 0 Å². The summed E-state index contributed by atoms with van der Waals surface area (Å²) in [5.41, 5.74) is 2.88. The fourth-order valence-corrected chi connectivity index (χ4v) is 1.91. The summed E-state index contributed by atoms with van der Waals surface area (Å²) in [7, 11) is 1.32. The monoisotopic (exact) mass is 389 g/mol.